The maximum atomic E-state index is 12.8. The molecule has 174 valence electrons. The first-order chi connectivity index (χ1) is 15.7. The lowest BCUT2D eigenvalue weighted by Gasteiger charge is -2.17. The number of rotatable bonds is 8. The fourth-order valence-corrected chi connectivity index (χ4v) is 3.72. The highest BCUT2D eigenvalue weighted by molar-refractivity contribution is 9.10. The summed E-state index contributed by atoms with van der Waals surface area (Å²) in [6.07, 6.45) is 2.35. The zero-order valence-corrected chi connectivity index (χ0v) is 20.5. The van der Waals surface area contributed by atoms with E-state index in [0.29, 0.717) is 27.2 Å². The van der Waals surface area contributed by atoms with Gasteiger partial charge in [-0.1, -0.05) is 19.1 Å². The number of benzene rings is 2. The molecule has 1 atom stereocenters. The Morgan fingerprint density at radius 2 is 2.03 bits per heavy atom. The second-order valence-electron chi connectivity index (χ2n) is 7.67. The molecule has 2 aromatic rings. The molecule has 2 N–H and O–H groups in total. The number of ether oxygens (including phenoxy) is 2. The number of carbonyl (C=O) groups is 3. The van der Waals surface area contributed by atoms with Crippen molar-refractivity contribution in [3.63, 3.8) is 0 Å². The number of nitrogens with one attached hydrogen (secondary N) is 2. The Bertz CT molecular complexity index is 1120. The summed E-state index contributed by atoms with van der Waals surface area (Å²) in [5.41, 5.74) is 2.26. The van der Waals surface area contributed by atoms with Crippen molar-refractivity contribution in [2.45, 2.75) is 33.3 Å². The number of nitrogens with zero attached hydrogens (tertiary/aromatic N) is 1. The third-order valence-corrected chi connectivity index (χ3v) is 5.61. The summed E-state index contributed by atoms with van der Waals surface area (Å²) in [6.45, 7) is 5.48. The van der Waals surface area contributed by atoms with Crippen LogP contribution in [-0.4, -0.2) is 42.5 Å². The predicted octanol–water partition coefficient (Wildman–Crippen LogP) is 4.47. The highest BCUT2D eigenvalue weighted by atomic mass is 79.9. The SMILES string of the molecule is CC[C@H](C)Oc1c(Br)cc(/C=C2/NC(=O)N(CC(=O)Nc3cccc(C)c3)C2=O)cc1OC. The van der Waals surface area contributed by atoms with E-state index in [1.54, 1.807) is 24.3 Å². The largest absolute Gasteiger partial charge is 0.493 e. The Morgan fingerprint density at radius 1 is 1.27 bits per heavy atom. The third kappa shape index (κ3) is 5.92. The molecule has 1 saturated heterocycles. The van der Waals surface area contributed by atoms with Gasteiger partial charge in [-0.3, -0.25) is 9.59 Å². The Labute approximate surface area is 201 Å². The van der Waals surface area contributed by atoms with Gasteiger partial charge < -0.3 is 20.1 Å². The van der Waals surface area contributed by atoms with Gasteiger partial charge in [-0.2, -0.15) is 0 Å². The number of aryl methyl sites for hydroxylation is 1. The number of amides is 4. The molecule has 0 aliphatic carbocycles. The number of carbonyl (C=O) groups excluding carboxylic acids is 3. The van der Waals surface area contributed by atoms with E-state index in [1.807, 2.05) is 32.9 Å². The van der Waals surface area contributed by atoms with E-state index >= 15 is 0 Å². The number of hydrogen-bond donors (Lipinski definition) is 2. The molecule has 1 fully saturated rings. The first kappa shape index (κ1) is 24.3. The average molecular weight is 516 g/mol. The van der Waals surface area contributed by atoms with Crippen molar-refractivity contribution in [1.29, 1.82) is 0 Å². The molecule has 0 unspecified atom stereocenters. The number of hydrogen-bond acceptors (Lipinski definition) is 5. The minimum atomic E-state index is -0.659. The van der Waals surface area contributed by atoms with E-state index in [2.05, 4.69) is 26.6 Å². The minimum absolute atomic E-state index is 0.00499. The first-order valence-corrected chi connectivity index (χ1v) is 11.3. The Hall–Kier alpha value is -3.33. The molecule has 9 heteroatoms. The van der Waals surface area contributed by atoms with Crippen LogP contribution in [0.5, 0.6) is 11.5 Å². The summed E-state index contributed by atoms with van der Waals surface area (Å²) >= 11 is 3.48. The van der Waals surface area contributed by atoms with Gasteiger partial charge in [0.2, 0.25) is 5.91 Å². The van der Waals surface area contributed by atoms with Crippen LogP contribution in [0.3, 0.4) is 0 Å². The lowest BCUT2D eigenvalue weighted by molar-refractivity contribution is -0.127. The van der Waals surface area contributed by atoms with Crippen LogP contribution in [-0.2, 0) is 9.59 Å². The van der Waals surface area contributed by atoms with E-state index < -0.39 is 24.4 Å². The Morgan fingerprint density at radius 3 is 2.70 bits per heavy atom. The lowest BCUT2D eigenvalue weighted by Crippen LogP contribution is -2.38. The van der Waals surface area contributed by atoms with Gasteiger partial charge in [0.15, 0.2) is 11.5 Å². The summed E-state index contributed by atoms with van der Waals surface area (Å²) in [5.74, 6) is -0.0105. The summed E-state index contributed by atoms with van der Waals surface area (Å²) in [4.78, 5) is 38.4. The van der Waals surface area contributed by atoms with Crippen LogP contribution in [0.25, 0.3) is 6.08 Å². The molecule has 4 amide bonds. The van der Waals surface area contributed by atoms with Crippen LogP contribution >= 0.6 is 15.9 Å². The van der Waals surface area contributed by atoms with Crippen molar-refractivity contribution in [3.05, 3.63) is 57.7 Å². The first-order valence-electron chi connectivity index (χ1n) is 10.5. The van der Waals surface area contributed by atoms with Gasteiger partial charge in [-0.15, -0.1) is 0 Å². The third-order valence-electron chi connectivity index (χ3n) is 5.02. The van der Waals surface area contributed by atoms with Crippen LogP contribution in [0.2, 0.25) is 0 Å². The molecule has 0 radical (unpaired) electrons. The van der Waals surface area contributed by atoms with Crippen molar-refractivity contribution >= 4 is 45.5 Å². The van der Waals surface area contributed by atoms with E-state index in [0.717, 1.165) is 16.9 Å². The minimum Gasteiger partial charge on any atom is -0.493 e. The fraction of sp³-hybridized carbons (Fsp3) is 0.292. The number of anilines is 1. The molecule has 2 aromatic carbocycles. The number of imide groups is 1. The van der Waals surface area contributed by atoms with Gasteiger partial charge in [-0.05, 0) is 77.7 Å². The molecule has 1 aliphatic heterocycles. The summed E-state index contributed by atoms with van der Waals surface area (Å²) in [5, 5.41) is 5.22. The molecule has 1 heterocycles. The molecule has 0 saturated carbocycles. The van der Waals surface area contributed by atoms with Gasteiger partial charge in [-0.25, -0.2) is 9.69 Å². The summed E-state index contributed by atoms with van der Waals surface area (Å²) in [6, 6.07) is 10.1. The van der Waals surface area contributed by atoms with Crippen LogP contribution in [0.15, 0.2) is 46.6 Å². The van der Waals surface area contributed by atoms with Crippen molar-refractivity contribution in [2.24, 2.45) is 0 Å². The zero-order chi connectivity index (χ0) is 24.1. The van der Waals surface area contributed by atoms with Crippen molar-refractivity contribution in [2.75, 3.05) is 19.0 Å². The average Bonchev–Trinajstić information content (AvgIpc) is 3.02. The van der Waals surface area contributed by atoms with Crippen LogP contribution in [0, 0.1) is 6.92 Å². The van der Waals surface area contributed by atoms with Gasteiger partial charge in [0.05, 0.1) is 17.7 Å². The fourth-order valence-electron chi connectivity index (χ4n) is 3.17. The smallest absolute Gasteiger partial charge is 0.329 e. The second kappa shape index (κ2) is 10.5. The summed E-state index contributed by atoms with van der Waals surface area (Å²) in [7, 11) is 1.53. The summed E-state index contributed by atoms with van der Waals surface area (Å²) < 4.78 is 12.0. The maximum absolute atomic E-state index is 12.8. The number of halogens is 1. The predicted molar refractivity (Wildman–Crippen MR) is 129 cm³/mol. The molecule has 8 nitrogen and oxygen atoms in total. The zero-order valence-electron chi connectivity index (χ0n) is 18.9. The van der Waals surface area contributed by atoms with Crippen molar-refractivity contribution < 1.29 is 23.9 Å². The van der Waals surface area contributed by atoms with E-state index in [-0.39, 0.29) is 11.8 Å². The van der Waals surface area contributed by atoms with Gasteiger partial charge >= 0.3 is 6.03 Å². The van der Waals surface area contributed by atoms with E-state index in [4.69, 9.17) is 9.47 Å². The van der Waals surface area contributed by atoms with E-state index in [1.165, 1.54) is 13.2 Å². The molecule has 0 spiro atoms. The normalized spacial score (nSPS) is 15.4. The molecule has 0 aromatic heterocycles. The van der Waals surface area contributed by atoms with Gasteiger partial charge in [0.1, 0.15) is 12.2 Å². The molecule has 0 bridgehead atoms. The Kier molecular flexibility index (Phi) is 7.75. The highest BCUT2D eigenvalue weighted by Gasteiger charge is 2.35. The monoisotopic (exact) mass is 515 g/mol. The molecule has 3 rings (SSSR count). The highest BCUT2D eigenvalue weighted by Crippen LogP contribution is 2.38. The maximum Gasteiger partial charge on any atom is 0.329 e. The molecule has 33 heavy (non-hydrogen) atoms. The van der Waals surface area contributed by atoms with Crippen LogP contribution in [0.1, 0.15) is 31.4 Å². The lowest BCUT2D eigenvalue weighted by atomic mass is 10.1. The van der Waals surface area contributed by atoms with Gasteiger partial charge in [0, 0.05) is 5.69 Å². The Balaban J connectivity index is 1.76. The van der Waals surface area contributed by atoms with Crippen molar-refractivity contribution in [3.8, 4) is 11.5 Å². The molecular formula is C24H26BrN3O5. The van der Waals surface area contributed by atoms with Crippen LogP contribution in [0.4, 0.5) is 10.5 Å². The standard InChI is InChI=1S/C24H26BrN3O5/c1-5-15(3)33-22-18(25)10-16(12-20(22)32-4)11-19-23(30)28(24(31)27-19)13-21(29)26-17-8-6-7-14(2)9-17/h6-12,15H,5,13H2,1-4H3,(H,26,29)(H,27,31)/b19-11+/t15-/m0/s1. The molecular weight excluding hydrogens is 490 g/mol. The van der Waals surface area contributed by atoms with Gasteiger partial charge in [0.25, 0.3) is 5.91 Å². The van der Waals surface area contributed by atoms with E-state index in [9.17, 15) is 14.4 Å². The number of urea groups is 1. The second-order valence-corrected chi connectivity index (χ2v) is 8.52. The number of methoxy groups -OCH3 is 1. The quantitative estimate of drug-likeness (QED) is 0.399. The van der Waals surface area contributed by atoms with Crippen molar-refractivity contribution in [1.82, 2.24) is 10.2 Å². The van der Waals surface area contributed by atoms with Crippen LogP contribution < -0.4 is 20.1 Å². The molecule has 1 aliphatic rings. The topological polar surface area (TPSA) is 97.0 Å².